The summed E-state index contributed by atoms with van der Waals surface area (Å²) in [4.78, 5) is 2.39. The first-order valence-corrected chi connectivity index (χ1v) is 18.8. The van der Waals surface area contributed by atoms with Crippen molar-refractivity contribution in [2.45, 2.75) is 0 Å². The molecule has 0 atom stereocenters. The third-order valence-electron chi connectivity index (χ3n) is 10.6. The van der Waals surface area contributed by atoms with E-state index in [2.05, 4.69) is 193 Å². The Labute approximate surface area is 310 Å². The van der Waals surface area contributed by atoms with E-state index in [0.717, 1.165) is 44.4 Å². The Hall–Kier alpha value is -6.68. The molecule has 0 aliphatic rings. The molecule has 0 N–H and O–H groups in total. The second kappa shape index (κ2) is 11.9. The summed E-state index contributed by atoms with van der Waals surface area (Å²) in [5.74, 6) is 0. The molecule has 0 amide bonds. The molecule has 248 valence electrons. The van der Waals surface area contributed by atoms with Gasteiger partial charge in [0.15, 0.2) is 0 Å². The van der Waals surface area contributed by atoms with Crippen molar-refractivity contribution in [3.05, 3.63) is 188 Å². The third-order valence-corrected chi connectivity index (χ3v) is 11.8. The van der Waals surface area contributed by atoms with Crippen molar-refractivity contribution in [3.8, 4) is 22.3 Å². The Balaban J connectivity index is 1.12. The molecule has 0 fully saturated rings. The van der Waals surface area contributed by atoms with Gasteiger partial charge in [0.05, 0.1) is 11.1 Å². The Kier molecular flexibility index (Phi) is 6.76. The van der Waals surface area contributed by atoms with Crippen LogP contribution in [0.3, 0.4) is 0 Å². The largest absolute Gasteiger partial charge is 0.455 e. The molecular formula is C50H31NOS. The van der Waals surface area contributed by atoms with Gasteiger partial charge in [0.1, 0.15) is 11.2 Å². The first kappa shape index (κ1) is 30.0. The van der Waals surface area contributed by atoms with E-state index in [1.54, 1.807) is 0 Å². The van der Waals surface area contributed by atoms with Crippen molar-refractivity contribution in [2.24, 2.45) is 0 Å². The molecule has 2 aromatic heterocycles. The third kappa shape index (κ3) is 4.86. The minimum Gasteiger partial charge on any atom is -0.455 e. The van der Waals surface area contributed by atoms with Gasteiger partial charge in [-0.2, -0.15) is 0 Å². The Morgan fingerprint density at radius 2 is 1.09 bits per heavy atom. The van der Waals surface area contributed by atoms with Crippen LogP contribution in [-0.4, -0.2) is 0 Å². The van der Waals surface area contributed by atoms with Gasteiger partial charge in [0, 0.05) is 42.3 Å². The standard InChI is InChI=1S/C50H31NOS/c1-2-12-35-30-37(23-22-32(35)10-1)36-13-7-14-39(31-36)51(44-18-9-19-45-49(44)43-29-26-33-11-3-4-15-41(33)50(43)52-45)38-27-24-34(25-28-38)40-17-8-21-47-48(40)42-16-5-6-20-46(42)53-47/h1-31H. The van der Waals surface area contributed by atoms with Gasteiger partial charge >= 0.3 is 0 Å². The zero-order chi connectivity index (χ0) is 34.9. The summed E-state index contributed by atoms with van der Waals surface area (Å²) in [7, 11) is 0. The molecule has 0 radical (unpaired) electrons. The van der Waals surface area contributed by atoms with Crippen molar-refractivity contribution in [2.75, 3.05) is 4.90 Å². The summed E-state index contributed by atoms with van der Waals surface area (Å²) < 4.78 is 9.31. The first-order chi connectivity index (χ1) is 26.3. The van der Waals surface area contributed by atoms with Gasteiger partial charge in [-0.25, -0.2) is 0 Å². The predicted octanol–water partition coefficient (Wildman–Crippen LogP) is 15.1. The second-order valence-corrected chi connectivity index (χ2v) is 14.8. The maximum atomic E-state index is 6.68. The summed E-state index contributed by atoms with van der Waals surface area (Å²) in [6.07, 6.45) is 0. The molecule has 3 heteroatoms. The lowest BCUT2D eigenvalue weighted by molar-refractivity contribution is 0.672. The highest BCUT2D eigenvalue weighted by atomic mass is 32.1. The molecule has 0 saturated heterocycles. The molecule has 9 aromatic carbocycles. The van der Waals surface area contributed by atoms with Crippen molar-refractivity contribution in [1.29, 1.82) is 0 Å². The number of anilines is 3. The van der Waals surface area contributed by atoms with E-state index in [1.807, 2.05) is 11.3 Å². The average molecular weight is 694 g/mol. The summed E-state index contributed by atoms with van der Waals surface area (Å²) in [6.45, 7) is 0. The fraction of sp³-hybridized carbons (Fsp3) is 0. The van der Waals surface area contributed by atoms with Crippen LogP contribution in [0.15, 0.2) is 192 Å². The maximum absolute atomic E-state index is 6.68. The van der Waals surface area contributed by atoms with Crippen molar-refractivity contribution in [3.63, 3.8) is 0 Å². The molecule has 0 aliphatic carbocycles. The summed E-state index contributed by atoms with van der Waals surface area (Å²) >= 11 is 1.86. The SMILES string of the molecule is c1cc(-c2ccc3ccccc3c2)cc(N(c2ccc(-c3cccc4sc5ccccc5c34)cc2)c2cccc3oc4c5ccccc5ccc4c23)c1. The number of thiophene rings is 1. The van der Waals surface area contributed by atoms with Crippen molar-refractivity contribution < 1.29 is 4.42 Å². The van der Waals surface area contributed by atoms with Gasteiger partial charge in [-0.15, -0.1) is 11.3 Å². The van der Waals surface area contributed by atoms with Gasteiger partial charge in [-0.05, 0) is 99.1 Å². The van der Waals surface area contributed by atoms with Crippen LogP contribution in [0, 0.1) is 0 Å². The molecule has 0 aliphatic heterocycles. The van der Waals surface area contributed by atoms with Crippen LogP contribution in [0.5, 0.6) is 0 Å². The van der Waals surface area contributed by atoms with E-state index < -0.39 is 0 Å². The molecular weight excluding hydrogens is 663 g/mol. The maximum Gasteiger partial charge on any atom is 0.143 e. The van der Waals surface area contributed by atoms with Crippen LogP contribution in [0.1, 0.15) is 0 Å². The van der Waals surface area contributed by atoms with E-state index in [1.165, 1.54) is 58.6 Å². The predicted molar refractivity (Wildman–Crippen MR) is 227 cm³/mol. The number of rotatable bonds is 5. The molecule has 0 spiro atoms. The van der Waals surface area contributed by atoms with Crippen LogP contribution < -0.4 is 4.90 Å². The van der Waals surface area contributed by atoms with Crippen molar-refractivity contribution in [1.82, 2.24) is 0 Å². The fourth-order valence-corrected chi connectivity index (χ4v) is 9.28. The quantitative estimate of drug-likeness (QED) is 0.178. The van der Waals surface area contributed by atoms with Gasteiger partial charge in [0.25, 0.3) is 0 Å². The van der Waals surface area contributed by atoms with E-state index in [-0.39, 0.29) is 0 Å². The van der Waals surface area contributed by atoms with Gasteiger partial charge < -0.3 is 9.32 Å². The normalized spacial score (nSPS) is 11.8. The monoisotopic (exact) mass is 693 g/mol. The van der Waals surface area contributed by atoms with Gasteiger partial charge in [-0.1, -0.05) is 127 Å². The topological polar surface area (TPSA) is 16.4 Å². The lowest BCUT2D eigenvalue weighted by atomic mass is 9.98. The van der Waals surface area contributed by atoms with Crippen LogP contribution in [0.4, 0.5) is 17.1 Å². The molecule has 11 rings (SSSR count). The minimum atomic E-state index is 0.872. The van der Waals surface area contributed by atoms with Crippen LogP contribution >= 0.6 is 11.3 Å². The number of fused-ring (bicyclic) bond motifs is 9. The molecule has 53 heavy (non-hydrogen) atoms. The summed E-state index contributed by atoms with van der Waals surface area (Å²) in [5, 5.41) is 9.61. The molecule has 2 nitrogen and oxygen atoms in total. The highest BCUT2D eigenvalue weighted by molar-refractivity contribution is 7.25. The smallest absolute Gasteiger partial charge is 0.143 e. The minimum absolute atomic E-state index is 0.872. The van der Waals surface area contributed by atoms with E-state index in [9.17, 15) is 0 Å². The van der Waals surface area contributed by atoms with E-state index >= 15 is 0 Å². The molecule has 0 saturated carbocycles. The van der Waals surface area contributed by atoms with Crippen LogP contribution in [0.2, 0.25) is 0 Å². The molecule has 2 heterocycles. The zero-order valence-corrected chi connectivity index (χ0v) is 29.5. The number of hydrogen-bond donors (Lipinski definition) is 0. The molecule has 0 bridgehead atoms. The number of nitrogens with zero attached hydrogens (tertiary/aromatic N) is 1. The van der Waals surface area contributed by atoms with Crippen LogP contribution in [0.25, 0.3) is 85.9 Å². The Bertz CT molecular complexity index is 3190. The zero-order valence-electron chi connectivity index (χ0n) is 28.7. The van der Waals surface area contributed by atoms with Crippen molar-refractivity contribution >= 4 is 92.1 Å². The summed E-state index contributed by atoms with van der Waals surface area (Å²) in [5.41, 5.74) is 9.84. The van der Waals surface area contributed by atoms with Gasteiger partial charge in [-0.3, -0.25) is 0 Å². The first-order valence-electron chi connectivity index (χ1n) is 18.0. The lowest BCUT2D eigenvalue weighted by Crippen LogP contribution is -2.10. The summed E-state index contributed by atoms with van der Waals surface area (Å²) in [6, 6.07) is 68.0. The van der Waals surface area contributed by atoms with Crippen LogP contribution in [-0.2, 0) is 0 Å². The van der Waals surface area contributed by atoms with Gasteiger partial charge in [0.2, 0.25) is 0 Å². The van der Waals surface area contributed by atoms with E-state index in [0.29, 0.717) is 0 Å². The highest BCUT2D eigenvalue weighted by Gasteiger charge is 2.21. The molecule has 11 aromatic rings. The Morgan fingerprint density at radius 1 is 0.396 bits per heavy atom. The fourth-order valence-electron chi connectivity index (χ4n) is 8.15. The number of hydrogen-bond acceptors (Lipinski definition) is 3. The highest BCUT2D eigenvalue weighted by Crippen LogP contribution is 2.46. The lowest BCUT2D eigenvalue weighted by Gasteiger charge is -2.27. The van der Waals surface area contributed by atoms with E-state index in [4.69, 9.17) is 4.42 Å². The number of furan rings is 1. The Morgan fingerprint density at radius 3 is 2.00 bits per heavy atom. The number of benzene rings is 9. The average Bonchev–Trinajstić information content (AvgIpc) is 3.81. The molecule has 0 unspecified atom stereocenters. The second-order valence-electron chi connectivity index (χ2n) is 13.7.